The second kappa shape index (κ2) is 7.46. The zero-order valence-electron chi connectivity index (χ0n) is 12.9. The van der Waals surface area contributed by atoms with Gasteiger partial charge in [-0.3, -0.25) is 9.69 Å². The molecule has 0 aromatic heterocycles. The van der Waals surface area contributed by atoms with Gasteiger partial charge >= 0.3 is 0 Å². The first-order valence-corrected chi connectivity index (χ1v) is 8.60. The highest BCUT2D eigenvalue weighted by Crippen LogP contribution is 2.34. The standard InChI is InChI=1S/C19H13NO3S2/c21-17-16(8-4-7-13-5-2-1-3-6-13)25-19(24)20(17)15-11-9-14(10-12-15)18(22)23/h1-12H,(H,22,23)/p-1/b7-4+,16-8-. The molecule has 1 aliphatic heterocycles. The van der Waals surface area contributed by atoms with Gasteiger partial charge in [-0.1, -0.05) is 78.6 Å². The average Bonchev–Trinajstić information content (AvgIpc) is 2.90. The zero-order valence-corrected chi connectivity index (χ0v) is 14.5. The van der Waals surface area contributed by atoms with Crippen molar-refractivity contribution in [3.8, 4) is 0 Å². The minimum absolute atomic E-state index is 0.0514. The van der Waals surface area contributed by atoms with E-state index in [9.17, 15) is 14.7 Å². The molecule has 25 heavy (non-hydrogen) atoms. The number of carboxylic acids is 1. The largest absolute Gasteiger partial charge is 0.545 e. The van der Waals surface area contributed by atoms with Crippen molar-refractivity contribution in [3.05, 3.63) is 82.8 Å². The molecule has 1 heterocycles. The normalized spacial score (nSPS) is 16.2. The maximum atomic E-state index is 12.6. The fraction of sp³-hybridized carbons (Fsp3) is 0. The van der Waals surface area contributed by atoms with E-state index in [0.717, 1.165) is 5.56 Å². The van der Waals surface area contributed by atoms with Gasteiger partial charge in [0.25, 0.3) is 5.91 Å². The summed E-state index contributed by atoms with van der Waals surface area (Å²) < 4.78 is 0.408. The van der Waals surface area contributed by atoms with Gasteiger partial charge in [0.05, 0.1) is 16.6 Å². The number of amides is 1. The molecule has 0 atom stereocenters. The molecule has 2 aromatic rings. The quantitative estimate of drug-likeness (QED) is 0.615. The van der Waals surface area contributed by atoms with Crippen LogP contribution in [0.5, 0.6) is 0 Å². The van der Waals surface area contributed by atoms with Crippen LogP contribution in [-0.4, -0.2) is 16.2 Å². The molecule has 3 rings (SSSR count). The molecule has 0 bridgehead atoms. The van der Waals surface area contributed by atoms with Crippen molar-refractivity contribution in [1.29, 1.82) is 0 Å². The van der Waals surface area contributed by atoms with Crippen molar-refractivity contribution < 1.29 is 14.7 Å². The van der Waals surface area contributed by atoms with Crippen LogP contribution < -0.4 is 10.0 Å². The summed E-state index contributed by atoms with van der Waals surface area (Å²) in [4.78, 5) is 25.3. The number of carboxylic acid groups (broad SMARTS) is 1. The lowest BCUT2D eigenvalue weighted by molar-refractivity contribution is -0.255. The van der Waals surface area contributed by atoms with Crippen LogP contribution in [0.4, 0.5) is 5.69 Å². The molecular weight excluding hydrogens is 354 g/mol. The van der Waals surface area contributed by atoms with E-state index in [1.807, 2.05) is 36.4 Å². The average molecular weight is 366 g/mol. The molecular formula is C19H12NO3S2-. The van der Waals surface area contributed by atoms with E-state index in [1.54, 1.807) is 24.3 Å². The van der Waals surface area contributed by atoms with Crippen LogP contribution in [0.2, 0.25) is 0 Å². The number of thiocarbonyl (C=S) groups is 1. The lowest BCUT2D eigenvalue weighted by atomic mass is 10.2. The van der Waals surface area contributed by atoms with E-state index in [4.69, 9.17) is 12.2 Å². The molecule has 0 N–H and O–H groups in total. The highest BCUT2D eigenvalue weighted by molar-refractivity contribution is 8.27. The van der Waals surface area contributed by atoms with Gasteiger partial charge in [0.1, 0.15) is 0 Å². The fourth-order valence-electron chi connectivity index (χ4n) is 2.26. The zero-order chi connectivity index (χ0) is 17.8. The van der Waals surface area contributed by atoms with Crippen LogP contribution in [0.25, 0.3) is 6.08 Å². The second-order valence-electron chi connectivity index (χ2n) is 5.14. The summed E-state index contributed by atoms with van der Waals surface area (Å²) in [5.41, 5.74) is 1.62. The van der Waals surface area contributed by atoms with E-state index in [2.05, 4.69) is 0 Å². The second-order valence-corrected chi connectivity index (χ2v) is 6.82. The number of benzene rings is 2. The lowest BCUT2D eigenvalue weighted by Gasteiger charge is -2.15. The minimum atomic E-state index is -1.26. The van der Waals surface area contributed by atoms with Crippen molar-refractivity contribution in [2.24, 2.45) is 0 Å². The Balaban J connectivity index is 1.79. The van der Waals surface area contributed by atoms with E-state index < -0.39 is 5.97 Å². The summed E-state index contributed by atoms with van der Waals surface area (Å²) in [6, 6.07) is 15.6. The maximum absolute atomic E-state index is 12.6. The summed E-state index contributed by atoms with van der Waals surface area (Å²) in [7, 11) is 0. The van der Waals surface area contributed by atoms with Crippen LogP contribution in [0.15, 0.2) is 71.7 Å². The fourth-order valence-corrected chi connectivity index (χ4v) is 3.51. The highest BCUT2D eigenvalue weighted by atomic mass is 32.2. The van der Waals surface area contributed by atoms with Crippen molar-refractivity contribution in [1.82, 2.24) is 0 Å². The Labute approximate surface area is 154 Å². The van der Waals surface area contributed by atoms with Crippen LogP contribution in [0.1, 0.15) is 15.9 Å². The number of anilines is 1. The Morgan fingerprint density at radius 3 is 2.40 bits per heavy atom. The lowest BCUT2D eigenvalue weighted by Crippen LogP contribution is -2.28. The van der Waals surface area contributed by atoms with Gasteiger partial charge in [0.2, 0.25) is 0 Å². The smallest absolute Gasteiger partial charge is 0.270 e. The van der Waals surface area contributed by atoms with Crippen LogP contribution in [-0.2, 0) is 4.79 Å². The molecule has 6 heteroatoms. The summed E-state index contributed by atoms with van der Waals surface area (Å²) in [6.45, 7) is 0. The minimum Gasteiger partial charge on any atom is -0.545 e. The molecule has 2 aromatic carbocycles. The molecule has 1 saturated heterocycles. The van der Waals surface area contributed by atoms with Crippen LogP contribution >= 0.6 is 24.0 Å². The summed E-state index contributed by atoms with van der Waals surface area (Å²) in [5.74, 6) is -1.49. The maximum Gasteiger partial charge on any atom is 0.270 e. The molecule has 0 aliphatic carbocycles. The predicted molar refractivity (Wildman–Crippen MR) is 102 cm³/mol. The number of hydrogen-bond acceptors (Lipinski definition) is 5. The first-order chi connectivity index (χ1) is 12.1. The van der Waals surface area contributed by atoms with Crippen molar-refractivity contribution >= 4 is 51.9 Å². The molecule has 1 aliphatic rings. The summed E-state index contributed by atoms with van der Waals surface area (Å²) in [5, 5.41) is 10.8. The topological polar surface area (TPSA) is 60.4 Å². The first-order valence-electron chi connectivity index (χ1n) is 7.37. The molecule has 0 saturated carbocycles. The number of carbonyl (C=O) groups is 2. The molecule has 4 nitrogen and oxygen atoms in total. The summed E-state index contributed by atoms with van der Waals surface area (Å²) >= 11 is 6.49. The van der Waals surface area contributed by atoms with E-state index in [0.29, 0.717) is 14.9 Å². The number of thioether (sulfide) groups is 1. The number of carbonyl (C=O) groups excluding carboxylic acids is 2. The Kier molecular flexibility index (Phi) is 5.11. The monoisotopic (exact) mass is 366 g/mol. The van der Waals surface area contributed by atoms with Gasteiger partial charge in [-0.2, -0.15) is 0 Å². The molecule has 1 fully saturated rings. The number of allylic oxidation sites excluding steroid dienone is 2. The summed E-state index contributed by atoms with van der Waals surface area (Å²) in [6.07, 6.45) is 5.43. The molecule has 124 valence electrons. The van der Waals surface area contributed by atoms with E-state index in [1.165, 1.54) is 28.8 Å². The van der Waals surface area contributed by atoms with E-state index in [-0.39, 0.29) is 11.5 Å². The SMILES string of the molecule is O=C([O-])c1ccc(N2C(=O)/C(=C/C=C/c3ccccc3)SC2=S)cc1. The van der Waals surface area contributed by atoms with Crippen LogP contribution in [0, 0.1) is 0 Å². The third-order valence-electron chi connectivity index (χ3n) is 3.49. The number of rotatable bonds is 4. The Hall–Kier alpha value is -2.70. The van der Waals surface area contributed by atoms with Gasteiger partial charge in [-0.05, 0) is 29.3 Å². The highest BCUT2D eigenvalue weighted by Gasteiger charge is 2.32. The number of nitrogens with zero attached hydrogens (tertiary/aromatic N) is 1. The first kappa shape index (κ1) is 17.1. The Morgan fingerprint density at radius 1 is 1.08 bits per heavy atom. The molecule has 1 amide bonds. The Bertz CT molecular complexity index is 887. The van der Waals surface area contributed by atoms with Gasteiger partial charge in [-0.25, -0.2) is 0 Å². The number of aromatic carboxylic acids is 1. The molecule has 0 radical (unpaired) electrons. The van der Waals surface area contributed by atoms with Gasteiger partial charge in [0, 0.05) is 0 Å². The Morgan fingerprint density at radius 2 is 1.76 bits per heavy atom. The molecule has 0 spiro atoms. The van der Waals surface area contributed by atoms with Gasteiger partial charge in [0.15, 0.2) is 4.32 Å². The predicted octanol–water partition coefficient (Wildman–Crippen LogP) is 3.01. The van der Waals surface area contributed by atoms with E-state index >= 15 is 0 Å². The molecule has 0 unspecified atom stereocenters. The third kappa shape index (κ3) is 3.87. The van der Waals surface area contributed by atoms with Crippen molar-refractivity contribution in [2.75, 3.05) is 4.90 Å². The third-order valence-corrected chi connectivity index (χ3v) is 4.81. The van der Waals surface area contributed by atoms with Crippen molar-refractivity contribution in [3.63, 3.8) is 0 Å². The number of hydrogen-bond donors (Lipinski definition) is 0. The van der Waals surface area contributed by atoms with Crippen molar-refractivity contribution in [2.45, 2.75) is 0 Å². The van der Waals surface area contributed by atoms with Gasteiger partial charge < -0.3 is 9.90 Å². The van der Waals surface area contributed by atoms with Crippen LogP contribution in [0.3, 0.4) is 0 Å². The van der Waals surface area contributed by atoms with Gasteiger partial charge in [-0.15, -0.1) is 0 Å².